The molecule has 0 radical (unpaired) electrons. The van der Waals surface area contributed by atoms with Crippen molar-refractivity contribution in [1.29, 1.82) is 0 Å². The summed E-state index contributed by atoms with van der Waals surface area (Å²) in [6.07, 6.45) is -8.52. The summed E-state index contributed by atoms with van der Waals surface area (Å²) in [6, 6.07) is 0. The Balaban J connectivity index is 4.00. The van der Waals surface area contributed by atoms with Crippen LogP contribution in [0.5, 0.6) is 0 Å². The van der Waals surface area contributed by atoms with E-state index < -0.39 is 36.2 Å². The summed E-state index contributed by atoms with van der Waals surface area (Å²) in [5.41, 5.74) is 16.2. The van der Waals surface area contributed by atoms with E-state index in [1.54, 1.807) is 0 Å². The van der Waals surface area contributed by atoms with Gasteiger partial charge in [-0.1, -0.05) is 10.2 Å². The summed E-state index contributed by atoms with van der Waals surface area (Å²) in [7, 11) is 0. The summed E-state index contributed by atoms with van der Waals surface area (Å²) in [5, 5.41) is 50.7. The van der Waals surface area contributed by atoms with E-state index in [0.717, 1.165) is 0 Å². The molecule has 0 aromatic rings. The fourth-order valence-electron chi connectivity index (χ4n) is 2.33. The number of hydrogen-bond acceptors (Lipinski definition) is 12. The van der Waals surface area contributed by atoms with Gasteiger partial charge in [0, 0.05) is 36.0 Å². The zero-order valence-electron chi connectivity index (χ0n) is 19.7. The molecule has 0 fully saturated rings. The number of carbonyl (C=O) groups excluding carboxylic acids is 2. The molecule has 0 aliphatic carbocycles. The third-order valence-corrected chi connectivity index (χ3v) is 4.17. The van der Waals surface area contributed by atoms with Crippen LogP contribution >= 0.6 is 0 Å². The number of nitrogens with one attached hydrogen (secondary N) is 2. The lowest BCUT2D eigenvalue weighted by Gasteiger charge is -2.25. The van der Waals surface area contributed by atoms with E-state index in [0.29, 0.717) is 0 Å². The molecule has 18 nitrogen and oxygen atoms in total. The van der Waals surface area contributed by atoms with Gasteiger partial charge < -0.3 is 50.0 Å². The van der Waals surface area contributed by atoms with Gasteiger partial charge in [-0.3, -0.25) is 9.59 Å². The maximum absolute atomic E-state index is 11.9. The molecule has 0 saturated heterocycles. The van der Waals surface area contributed by atoms with Crippen LogP contribution in [0.25, 0.3) is 20.9 Å². The topological polar surface area (TPSA) is 274 Å². The van der Waals surface area contributed by atoms with Crippen LogP contribution in [0.15, 0.2) is 10.2 Å². The number of aliphatic hydroxyl groups excluding tert-OH is 4. The van der Waals surface area contributed by atoms with E-state index in [-0.39, 0.29) is 79.0 Å². The molecule has 0 bridgehead atoms. The Morgan fingerprint density at radius 3 is 1.31 bits per heavy atom. The average molecular weight is 523 g/mol. The quantitative estimate of drug-likeness (QED) is 0.0351. The van der Waals surface area contributed by atoms with E-state index in [4.69, 9.17) is 30.0 Å². The molecule has 36 heavy (non-hydrogen) atoms. The second kappa shape index (κ2) is 22.7. The molecular formula is C18H34N8O10. The first kappa shape index (κ1) is 33.2. The van der Waals surface area contributed by atoms with Crippen LogP contribution in [0.1, 0.15) is 0 Å². The van der Waals surface area contributed by atoms with Gasteiger partial charge in [0.25, 0.3) is 11.8 Å². The number of rotatable bonds is 23. The van der Waals surface area contributed by atoms with Crippen molar-refractivity contribution >= 4 is 11.8 Å². The second-order valence-corrected chi connectivity index (χ2v) is 6.81. The molecule has 0 spiro atoms. The molecule has 0 aliphatic rings. The Labute approximate surface area is 206 Å². The van der Waals surface area contributed by atoms with E-state index in [1.165, 1.54) is 0 Å². The first-order chi connectivity index (χ1) is 17.4. The zero-order chi connectivity index (χ0) is 27.0. The number of nitrogens with zero attached hydrogens (tertiary/aromatic N) is 6. The van der Waals surface area contributed by atoms with Crippen molar-refractivity contribution in [3.05, 3.63) is 20.9 Å². The van der Waals surface area contributed by atoms with Gasteiger partial charge in [-0.05, 0) is 11.1 Å². The Morgan fingerprint density at radius 2 is 0.972 bits per heavy atom. The SMILES string of the molecule is [N-]=[N+]=NCCOCCOCCNC(=O)[C@@H](O)[C@H](O)[C@H](O)[C@@H](O)C(=O)NCCOCCOCCN=[N+]=[N-]. The Morgan fingerprint density at radius 1 is 0.639 bits per heavy atom. The molecule has 0 aromatic heterocycles. The molecule has 0 heterocycles. The van der Waals surface area contributed by atoms with E-state index in [1.807, 2.05) is 0 Å². The predicted molar refractivity (Wildman–Crippen MR) is 121 cm³/mol. The maximum Gasteiger partial charge on any atom is 0.251 e. The van der Waals surface area contributed by atoms with E-state index in [9.17, 15) is 30.0 Å². The molecule has 0 aliphatic heterocycles. The van der Waals surface area contributed by atoms with Crippen LogP contribution in [0.2, 0.25) is 0 Å². The summed E-state index contributed by atoms with van der Waals surface area (Å²) in [6.45, 7) is 1.83. The van der Waals surface area contributed by atoms with Gasteiger partial charge in [-0.25, -0.2) is 0 Å². The Kier molecular flexibility index (Phi) is 20.9. The maximum atomic E-state index is 11.9. The number of azide groups is 2. The van der Waals surface area contributed by atoms with Gasteiger partial charge >= 0.3 is 0 Å². The van der Waals surface area contributed by atoms with Crippen molar-refractivity contribution in [2.75, 3.05) is 79.0 Å². The molecule has 4 atom stereocenters. The fraction of sp³-hybridized carbons (Fsp3) is 0.889. The number of hydrogen-bond donors (Lipinski definition) is 6. The molecule has 6 N–H and O–H groups in total. The summed E-state index contributed by atoms with van der Waals surface area (Å²) < 4.78 is 20.6. The minimum atomic E-state index is -2.14. The molecule has 2 amide bonds. The van der Waals surface area contributed by atoms with Crippen LogP contribution in [0, 0.1) is 0 Å². The molecular weight excluding hydrogens is 488 g/mol. The highest BCUT2D eigenvalue weighted by molar-refractivity contribution is 5.83. The van der Waals surface area contributed by atoms with Crippen molar-refractivity contribution in [3.63, 3.8) is 0 Å². The second-order valence-electron chi connectivity index (χ2n) is 6.81. The monoisotopic (exact) mass is 522 g/mol. The van der Waals surface area contributed by atoms with Gasteiger partial charge in [-0.2, -0.15) is 0 Å². The number of ether oxygens (including phenoxy) is 4. The van der Waals surface area contributed by atoms with Crippen molar-refractivity contribution in [2.45, 2.75) is 24.4 Å². The largest absolute Gasteiger partial charge is 0.387 e. The van der Waals surface area contributed by atoms with E-state index >= 15 is 0 Å². The normalized spacial score (nSPS) is 14.0. The summed E-state index contributed by atoms with van der Waals surface area (Å²) >= 11 is 0. The highest BCUT2D eigenvalue weighted by Crippen LogP contribution is 2.06. The summed E-state index contributed by atoms with van der Waals surface area (Å²) in [5.74, 6) is -2.09. The van der Waals surface area contributed by atoms with Crippen LogP contribution in [-0.4, -0.2) is 136 Å². The highest BCUT2D eigenvalue weighted by atomic mass is 16.5. The molecule has 0 rings (SSSR count). The van der Waals surface area contributed by atoms with Crippen LogP contribution < -0.4 is 10.6 Å². The molecule has 206 valence electrons. The number of amides is 2. The smallest absolute Gasteiger partial charge is 0.251 e. The van der Waals surface area contributed by atoms with Crippen LogP contribution in [0.3, 0.4) is 0 Å². The fourth-order valence-corrected chi connectivity index (χ4v) is 2.33. The standard InChI is InChI=1S/C18H34N8O10/c19-25-23-3-7-35-11-9-33-5-1-21-17(31)15(29)13(27)14(28)16(30)18(32)22-2-6-34-10-12-36-8-4-24-26-20/h13-16,27-30H,1-12H2,(H,21,31)(H,22,32)/t13-,14+,15+,16-. The lowest BCUT2D eigenvalue weighted by molar-refractivity contribution is -0.155. The van der Waals surface area contributed by atoms with Gasteiger partial charge in [0.1, 0.15) is 12.2 Å². The third kappa shape index (κ3) is 16.8. The van der Waals surface area contributed by atoms with Gasteiger partial charge in [0.05, 0.1) is 52.9 Å². The molecule has 0 unspecified atom stereocenters. The Hall–Kier alpha value is -2.76. The highest BCUT2D eigenvalue weighted by Gasteiger charge is 2.37. The lowest BCUT2D eigenvalue weighted by atomic mass is 10.0. The number of aliphatic hydroxyl groups is 4. The first-order valence-electron chi connectivity index (χ1n) is 11.0. The molecule has 0 saturated carbocycles. The zero-order valence-corrected chi connectivity index (χ0v) is 19.7. The third-order valence-electron chi connectivity index (χ3n) is 4.17. The minimum absolute atomic E-state index is 0.0285. The van der Waals surface area contributed by atoms with E-state index in [2.05, 4.69) is 30.7 Å². The van der Waals surface area contributed by atoms with Gasteiger partial charge in [-0.15, -0.1) is 0 Å². The average Bonchev–Trinajstić information content (AvgIpc) is 2.88. The minimum Gasteiger partial charge on any atom is -0.387 e. The van der Waals surface area contributed by atoms with Crippen molar-refractivity contribution < 1.29 is 49.0 Å². The molecule has 0 aromatic carbocycles. The summed E-state index contributed by atoms with van der Waals surface area (Å²) in [4.78, 5) is 28.9. The van der Waals surface area contributed by atoms with Crippen LogP contribution in [-0.2, 0) is 28.5 Å². The lowest BCUT2D eigenvalue weighted by Crippen LogP contribution is -2.54. The number of carbonyl (C=O) groups is 2. The molecule has 18 heteroatoms. The predicted octanol–water partition coefficient (Wildman–Crippen LogP) is -2.65. The van der Waals surface area contributed by atoms with Crippen molar-refractivity contribution in [1.82, 2.24) is 10.6 Å². The van der Waals surface area contributed by atoms with Crippen molar-refractivity contribution in [3.8, 4) is 0 Å². The first-order valence-corrected chi connectivity index (χ1v) is 11.0. The van der Waals surface area contributed by atoms with Gasteiger partial charge in [0.2, 0.25) is 0 Å². The Bertz CT molecular complexity index is 647. The van der Waals surface area contributed by atoms with Gasteiger partial charge in [0.15, 0.2) is 12.2 Å². The van der Waals surface area contributed by atoms with Crippen molar-refractivity contribution in [2.24, 2.45) is 10.2 Å². The van der Waals surface area contributed by atoms with Crippen LogP contribution in [0.4, 0.5) is 0 Å².